The molecule has 0 aromatic heterocycles. The number of halogens is 8. The van der Waals surface area contributed by atoms with Crippen LogP contribution in [-0.4, -0.2) is 19.6 Å². The summed E-state index contributed by atoms with van der Waals surface area (Å²) in [5.74, 6) is -7.35. The Bertz CT molecular complexity index is 887. The van der Waals surface area contributed by atoms with Crippen molar-refractivity contribution in [2.24, 2.45) is 0 Å². The minimum atomic E-state index is -5.22. The van der Waals surface area contributed by atoms with Gasteiger partial charge in [-0.05, 0) is 30.7 Å². The van der Waals surface area contributed by atoms with E-state index in [0.717, 1.165) is 0 Å². The SMILES string of the molecule is Fc1cc(OC(F)(F)c2c(F)cc(C3OCCCO3)cc2F)ccc1OC(F)(F)F. The Morgan fingerprint density at radius 2 is 1.40 bits per heavy atom. The third-order valence-electron chi connectivity index (χ3n) is 3.83. The summed E-state index contributed by atoms with van der Waals surface area (Å²) < 4.78 is 125. The van der Waals surface area contributed by atoms with E-state index in [9.17, 15) is 35.1 Å². The van der Waals surface area contributed by atoms with Crippen LogP contribution in [0.2, 0.25) is 0 Å². The van der Waals surface area contributed by atoms with Crippen molar-refractivity contribution >= 4 is 0 Å². The maximum atomic E-state index is 14.3. The average Bonchev–Trinajstić information content (AvgIpc) is 2.62. The smallest absolute Gasteiger partial charge is 0.429 e. The number of alkyl halides is 5. The number of ether oxygens (including phenoxy) is 4. The van der Waals surface area contributed by atoms with Gasteiger partial charge in [-0.3, -0.25) is 0 Å². The second kappa shape index (κ2) is 8.26. The zero-order chi connectivity index (χ0) is 22.1. The van der Waals surface area contributed by atoms with Crippen LogP contribution in [0.3, 0.4) is 0 Å². The fourth-order valence-electron chi connectivity index (χ4n) is 2.64. The first-order valence-corrected chi connectivity index (χ1v) is 8.31. The van der Waals surface area contributed by atoms with Gasteiger partial charge >= 0.3 is 12.5 Å². The molecule has 164 valence electrons. The second-order valence-corrected chi connectivity index (χ2v) is 6.05. The molecule has 2 aromatic rings. The van der Waals surface area contributed by atoms with Crippen LogP contribution in [-0.2, 0) is 15.6 Å². The van der Waals surface area contributed by atoms with Crippen LogP contribution in [0.4, 0.5) is 35.1 Å². The van der Waals surface area contributed by atoms with Crippen LogP contribution in [0.5, 0.6) is 11.5 Å². The average molecular weight is 444 g/mol. The Hall–Kier alpha value is -2.60. The Labute approximate surface area is 163 Å². The van der Waals surface area contributed by atoms with Gasteiger partial charge in [-0.25, -0.2) is 13.2 Å². The molecule has 0 aliphatic carbocycles. The van der Waals surface area contributed by atoms with Gasteiger partial charge in [0.2, 0.25) is 0 Å². The topological polar surface area (TPSA) is 36.9 Å². The van der Waals surface area contributed by atoms with Gasteiger partial charge in [0.15, 0.2) is 17.9 Å². The summed E-state index contributed by atoms with van der Waals surface area (Å²) in [6.45, 7) is 0.489. The highest BCUT2D eigenvalue weighted by atomic mass is 19.4. The standard InChI is InChI=1S/C18H12F8O4/c19-11-8-10(2-3-14(11)30-18(24,25)26)29-17(22,23)15-12(20)6-9(7-13(15)21)16-27-4-1-5-28-16/h2-3,6-8,16H,1,4-5H2. The predicted molar refractivity (Wildman–Crippen MR) is 83.2 cm³/mol. The quantitative estimate of drug-likeness (QED) is 0.566. The molecule has 30 heavy (non-hydrogen) atoms. The Balaban J connectivity index is 1.84. The molecule has 0 saturated carbocycles. The van der Waals surface area contributed by atoms with Crippen molar-refractivity contribution in [3.05, 3.63) is 58.9 Å². The predicted octanol–water partition coefficient (Wildman–Crippen LogP) is 5.57. The summed E-state index contributed by atoms with van der Waals surface area (Å²) in [6, 6.07) is 2.20. The Morgan fingerprint density at radius 1 is 0.800 bits per heavy atom. The van der Waals surface area contributed by atoms with Gasteiger partial charge in [-0.2, -0.15) is 8.78 Å². The lowest BCUT2D eigenvalue weighted by atomic mass is 10.1. The van der Waals surface area contributed by atoms with E-state index in [2.05, 4.69) is 9.47 Å². The summed E-state index contributed by atoms with van der Waals surface area (Å²) in [5.41, 5.74) is -1.96. The highest BCUT2D eigenvalue weighted by Gasteiger charge is 2.42. The van der Waals surface area contributed by atoms with Gasteiger partial charge in [-0.15, -0.1) is 13.2 Å². The lowest BCUT2D eigenvalue weighted by Gasteiger charge is -2.25. The van der Waals surface area contributed by atoms with E-state index in [0.29, 0.717) is 30.7 Å². The highest BCUT2D eigenvalue weighted by molar-refractivity contribution is 5.35. The second-order valence-electron chi connectivity index (χ2n) is 6.05. The van der Waals surface area contributed by atoms with Gasteiger partial charge in [-0.1, -0.05) is 0 Å². The van der Waals surface area contributed by atoms with E-state index in [1.165, 1.54) is 0 Å². The zero-order valence-electron chi connectivity index (χ0n) is 14.7. The Kier molecular flexibility index (Phi) is 6.09. The first-order chi connectivity index (χ1) is 14.0. The molecule has 4 nitrogen and oxygen atoms in total. The van der Waals surface area contributed by atoms with Gasteiger partial charge in [0, 0.05) is 11.6 Å². The molecule has 0 unspecified atom stereocenters. The maximum Gasteiger partial charge on any atom is 0.573 e. The third-order valence-corrected chi connectivity index (χ3v) is 3.83. The van der Waals surface area contributed by atoms with Crippen LogP contribution < -0.4 is 9.47 Å². The lowest BCUT2D eigenvalue weighted by Crippen LogP contribution is -2.26. The largest absolute Gasteiger partial charge is 0.573 e. The van der Waals surface area contributed by atoms with Crippen molar-refractivity contribution in [3.8, 4) is 11.5 Å². The number of hydrogen-bond acceptors (Lipinski definition) is 4. The normalized spacial score (nSPS) is 15.9. The van der Waals surface area contributed by atoms with E-state index < -0.39 is 53.3 Å². The van der Waals surface area contributed by atoms with E-state index in [-0.39, 0.29) is 24.8 Å². The first-order valence-electron chi connectivity index (χ1n) is 8.31. The highest BCUT2D eigenvalue weighted by Crippen LogP contribution is 2.38. The molecule has 1 aliphatic heterocycles. The molecule has 0 bridgehead atoms. The van der Waals surface area contributed by atoms with E-state index in [4.69, 9.17) is 9.47 Å². The van der Waals surface area contributed by atoms with Crippen molar-refractivity contribution < 1.29 is 54.1 Å². The molecule has 1 heterocycles. The van der Waals surface area contributed by atoms with Crippen molar-refractivity contribution in [1.29, 1.82) is 0 Å². The number of benzene rings is 2. The van der Waals surface area contributed by atoms with Crippen LogP contribution >= 0.6 is 0 Å². The monoisotopic (exact) mass is 444 g/mol. The Morgan fingerprint density at radius 3 is 1.93 bits per heavy atom. The first kappa shape index (κ1) is 22.1. The van der Waals surface area contributed by atoms with E-state index in [1.54, 1.807) is 0 Å². The van der Waals surface area contributed by atoms with Crippen LogP contribution in [0, 0.1) is 17.5 Å². The lowest BCUT2D eigenvalue weighted by molar-refractivity contribution is -0.275. The molecule has 1 aliphatic rings. The fourth-order valence-corrected chi connectivity index (χ4v) is 2.64. The van der Waals surface area contributed by atoms with Crippen LogP contribution in [0.25, 0.3) is 0 Å². The number of rotatable bonds is 5. The van der Waals surface area contributed by atoms with E-state index >= 15 is 0 Å². The summed E-state index contributed by atoms with van der Waals surface area (Å²) in [7, 11) is 0. The summed E-state index contributed by atoms with van der Waals surface area (Å²) >= 11 is 0. The molecule has 1 fully saturated rings. The molecule has 0 amide bonds. The van der Waals surface area contributed by atoms with Crippen molar-refractivity contribution in [2.45, 2.75) is 25.2 Å². The summed E-state index contributed by atoms with van der Waals surface area (Å²) in [4.78, 5) is 0. The fraction of sp³-hybridized carbons (Fsp3) is 0.333. The summed E-state index contributed by atoms with van der Waals surface area (Å²) in [6.07, 6.45) is -10.4. The van der Waals surface area contributed by atoms with Crippen molar-refractivity contribution in [3.63, 3.8) is 0 Å². The molecular formula is C18H12F8O4. The van der Waals surface area contributed by atoms with Gasteiger partial charge in [0.1, 0.15) is 22.9 Å². The van der Waals surface area contributed by atoms with Gasteiger partial charge in [0.25, 0.3) is 0 Å². The molecule has 0 N–H and O–H groups in total. The maximum absolute atomic E-state index is 14.3. The molecule has 0 atom stereocenters. The zero-order valence-corrected chi connectivity index (χ0v) is 14.7. The minimum absolute atomic E-state index is 0.156. The molecule has 0 spiro atoms. The molecule has 12 heteroatoms. The summed E-state index contributed by atoms with van der Waals surface area (Å²) in [5, 5.41) is 0. The molecular weight excluding hydrogens is 432 g/mol. The number of hydrogen-bond donors (Lipinski definition) is 0. The van der Waals surface area contributed by atoms with Crippen molar-refractivity contribution in [1.82, 2.24) is 0 Å². The van der Waals surface area contributed by atoms with Crippen molar-refractivity contribution in [2.75, 3.05) is 13.2 Å². The van der Waals surface area contributed by atoms with E-state index in [1.807, 2.05) is 0 Å². The molecule has 1 saturated heterocycles. The third kappa shape index (κ3) is 5.11. The minimum Gasteiger partial charge on any atom is -0.429 e. The molecule has 3 rings (SSSR count). The molecule has 2 aromatic carbocycles. The molecule has 0 radical (unpaired) electrons. The van der Waals surface area contributed by atoms with Crippen LogP contribution in [0.15, 0.2) is 30.3 Å². The van der Waals surface area contributed by atoms with Gasteiger partial charge < -0.3 is 18.9 Å². The van der Waals surface area contributed by atoms with Crippen LogP contribution in [0.1, 0.15) is 23.8 Å². The van der Waals surface area contributed by atoms with Gasteiger partial charge in [0.05, 0.1) is 13.2 Å².